The lowest BCUT2D eigenvalue weighted by molar-refractivity contribution is 0.0737. The summed E-state index contributed by atoms with van der Waals surface area (Å²) in [5, 5.41) is 2.05. The molecule has 6 nitrogen and oxygen atoms in total. The van der Waals surface area contributed by atoms with E-state index in [0.29, 0.717) is 13.1 Å². The first-order chi connectivity index (χ1) is 11.2. The number of carbonyl (C=O) groups is 1. The van der Waals surface area contributed by atoms with Crippen LogP contribution >= 0.6 is 11.3 Å². The number of piperazine rings is 1. The summed E-state index contributed by atoms with van der Waals surface area (Å²) in [5.74, 6) is 0.837. The van der Waals surface area contributed by atoms with E-state index in [4.69, 9.17) is 0 Å². The summed E-state index contributed by atoms with van der Waals surface area (Å²) in [5.41, 5.74) is 1.88. The number of thiophene rings is 1. The molecule has 7 heteroatoms. The number of aryl methyl sites for hydroxylation is 1. The lowest BCUT2D eigenvalue weighted by atomic mass is 10.3. The topological polar surface area (TPSA) is 54.3 Å². The van der Waals surface area contributed by atoms with E-state index in [9.17, 15) is 4.79 Å². The largest absolute Gasteiger partial charge is 0.339 e. The molecule has 1 saturated heterocycles. The highest BCUT2D eigenvalue weighted by molar-refractivity contribution is 7.17. The Morgan fingerprint density at radius 1 is 1.17 bits per heavy atom. The van der Waals surface area contributed by atoms with E-state index in [-0.39, 0.29) is 5.91 Å². The first kappa shape index (κ1) is 14.2. The standard InChI is InChI=1S/C16H17N5OS/c1-19-12-3-10-23-14(12)11-13(19)15(22)20-6-8-21(9-7-20)16-17-4-2-5-18-16/h2-5,10-11H,6-9H2,1H3. The molecule has 4 heterocycles. The molecule has 1 amide bonds. The summed E-state index contributed by atoms with van der Waals surface area (Å²) in [6, 6.07) is 5.86. The van der Waals surface area contributed by atoms with E-state index >= 15 is 0 Å². The van der Waals surface area contributed by atoms with E-state index in [1.54, 1.807) is 23.7 Å². The van der Waals surface area contributed by atoms with Gasteiger partial charge in [-0.05, 0) is 23.6 Å². The van der Waals surface area contributed by atoms with Gasteiger partial charge in [-0.15, -0.1) is 11.3 Å². The van der Waals surface area contributed by atoms with Gasteiger partial charge in [0.25, 0.3) is 5.91 Å². The number of aromatic nitrogens is 3. The molecule has 0 aromatic carbocycles. The Bertz CT molecular complexity index is 833. The van der Waals surface area contributed by atoms with E-state index in [1.165, 1.54) is 0 Å². The van der Waals surface area contributed by atoms with Crippen molar-refractivity contribution in [1.29, 1.82) is 0 Å². The lowest BCUT2D eigenvalue weighted by Gasteiger charge is -2.34. The van der Waals surface area contributed by atoms with E-state index in [0.717, 1.165) is 34.9 Å². The molecule has 23 heavy (non-hydrogen) atoms. The highest BCUT2D eigenvalue weighted by Gasteiger charge is 2.25. The maximum Gasteiger partial charge on any atom is 0.270 e. The molecule has 3 aromatic rings. The summed E-state index contributed by atoms with van der Waals surface area (Å²) in [7, 11) is 1.95. The molecule has 4 rings (SSSR count). The molecular formula is C16H17N5OS. The van der Waals surface area contributed by atoms with Crippen molar-refractivity contribution in [1.82, 2.24) is 19.4 Å². The summed E-state index contributed by atoms with van der Waals surface area (Å²) in [6.45, 7) is 2.90. The summed E-state index contributed by atoms with van der Waals surface area (Å²) >= 11 is 1.67. The molecule has 0 saturated carbocycles. The van der Waals surface area contributed by atoms with E-state index in [1.807, 2.05) is 28.6 Å². The number of hydrogen-bond acceptors (Lipinski definition) is 5. The van der Waals surface area contributed by atoms with Crippen molar-refractivity contribution >= 4 is 33.4 Å². The van der Waals surface area contributed by atoms with Gasteiger partial charge in [-0.2, -0.15) is 0 Å². The minimum Gasteiger partial charge on any atom is -0.339 e. The molecule has 118 valence electrons. The Balaban J connectivity index is 1.48. The van der Waals surface area contributed by atoms with Crippen LogP contribution < -0.4 is 4.90 Å². The molecule has 0 unspecified atom stereocenters. The average molecular weight is 327 g/mol. The molecule has 3 aromatic heterocycles. The summed E-state index contributed by atoms with van der Waals surface area (Å²) in [6.07, 6.45) is 3.49. The van der Waals surface area contributed by atoms with Gasteiger partial charge in [-0.3, -0.25) is 4.79 Å². The second-order valence-corrected chi connectivity index (χ2v) is 6.53. The van der Waals surface area contributed by atoms with Gasteiger partial charge in [0.05, 0.1) is 10.2 Å². The highest BCUT2D eigenvalue weighted by atomic mass is 32.1. The van der Waals surface area contributed by atoms with Crippen LogP contribution in [0.2, 0.25) is 0 Å². The number of rotatable bonds is 2. The predicted octanol–water partition coefficient (Wildman–Crippen LogP) is 1.99. The van der Waals surface area contributed by atoms with Crippen LogP contribution in [0.3, 0.4) is 0 Å². The molecule has 1 aliphatic heterocycles. The third kappa shape index (κ3) is 2.46. The average Bonchev–Trinajstić information content (AvgIpc) is 3.18. The highest BCUT2D eigenvalue weighted by Crippen LogP contribution is 2.25. The van der Waals surface area contributed by atoms with Gasteiger partial charge in [-0.25, -0.2) is 9.97 Å². The van der Waals surface area contributed by atoms with Crippen molar-refractivity contribution in [3.8, 4) is 0 Å². The Morgan fingerprint density at radius 2 is 1.91 bits per heavy atom. The number of anilines is 1. The minimum absolute atomic E-state index is 0.101. The zero-order valence-electron chi connectivity index (χ0n) is 12.8. The molecule has 0 radical (unpaired) electrons. The van der Waals surface area contributed by atoms with Crippen LogP contribution in [-0.2, 0) is 7.05 Å². The molecular weight excluding hydrogens is 310 g/mol. The zero-order chi connectivity index (χ0) is 15.8. The van der Waals surface area contributed by atoms with Crippen LogP contribution in [0, 0.1) is 0 Å². The minimum atomic E-state index is 0.101. The molecule has 1 aliphatic rings. The fourth-order valence-electron chi connectivity index (χ4n) is 2.98. The van der Waals surface area contributed by atoms with Crippen molar-refractivity contribution in [3.05, 3.63) is 41.7 Å². The zero-order valence-corrected chi connectivity index (χ0v) is 13.7. The van der Waals surface area contributed by atoms with Gasteiger partial charge in [0, 0.05) is 45.6 Å². The fourth-order valence-corrected chi connectivity index (χ4v) is 3.83. The molecule has 0 spiro atoms. The Labute approximate surface area is 138 Å². The predicted molar refractivity (Wildman–Crippen MR) is 90.9 cm³/mol. The maximum absolute atomic E-state index is 12.8. The van der Waals surface area contributed by atoms with Gasteiger partial charge in [0.1, 0.15) is 5.69 Å². The number of nitrogens with zero attached hydrogens (tertiary/aromatic N) is 5. The van der Waals surface area contributed by atoms with Crippen molar-refractivity contribution in [2.45, 2.75) is 0 Å². The van der Waals surface area contributed by atoms with Crippen molar-refractivity contribution in [3.63, 3.8) is 0 Å². The van der Waals surface area contributed by atoms with Gasteiger partial charge in [0.2, 0.25) is 5.95 Å². The van der Waals surface area contributed by atoms with Gasteiger partial charge in [0.15, 0.2) is 0 Å². The number of carbonyl (C=O) groups excluding carboxylic acids is 1. The fraction of sp³-hybridized carbons (Fsp3) is 0.312. The van der Waals surface area contributed by atoms with Gasteiger partial charge in [-0.1, -0.05) is 0 Å². The SMILES string of the molecule is Cn1c(C(=O)N2CCN(c3ncccn3)CC2)cc2sccc21. The second-order valence-electron chi connectivity index (χ2n) is 5.59. The third-order valence-electron chi connectivity index (χ3n) is 4.28. The van der Waals surface area contributed by atoms with Gasteiger partial charge >= 0.3 is 0 Å². The smallest absolute Gasteiger partial charge is 0.270 e. The Hall–Kier alpha value is -2.41. The normalized spacial score (nSPS) is 15.3. The molecule has 0 atom stereocenters. The van der Waals surface area contributed by atoms with E-state index in [2.05, 4.69) is 26.3 Å². The molecule has 0 N–H and O–H groups in total. The van der Waals surface area contributed by atoms with Crippen molar-refractivity contribution in [2.24, 2.45) is 7.05 Å². The van der Waals surface area contributed by atoms with Crippen LogP contribution in [0.1, 0.15) is 10.5 Å². The quantitative estimate of drug-likeness (QED) is 0.722. The van der Waals surface area contributed by atoms with Crippen LogP contribution in [0.25, 0.3) is 10.2 Å². The molecule has 0 bridgehead atoms. The van der Waals surface area contributed by atoms with Crippen LogP contribution in [0.4, 0.5) is 5.95 Å². The number of amides is 1. The first-order valence-corrected chi connectivity index (χ1v) is 8.46. The lowest BCUT2D eigenvalue weighted by Crippen LogP contribution is -2.49. The summed E-state index contributed by atoms with van der Waals surface area (Å²) in [4.78, 5) is 25.4. The Kier molecular flexibility index (Phi) is 3.49. The van der Waals surface area contributed by atoms with Crippen LogP contribution in [0.5, 0.6) is 0 Å². The molecule has 1 fully saturated rings. The number of hydrogen-bond donors (Lipinski definition) is 0. The Morgan fingerprint density at radius 3 is 2.61 bits per heavy atom. The summed E-state index contributed by atoms with van der Waals surface area (Å²) < 4.78 is 3.15. The number of fused-ring (bicyclic) bond motifs is 1. The second kappa shape index (κ2) is 5.66. The van der Waals surface area contributed by atoms with Crippen molar-refractivity contribution < 1.29 is 4.79 Å². The van der Waals surface area contributed by atoms with Crippen LogP contribution in [-0.4, -0.2) is 51.5 Å². The van der Waals surface area contributed by atoms with Gasteiger partial charge < -0.3 is 14.4 Å². The first-order valence-electron chi connectivity index (χ1n) is 7.58. The third-order valence-corrected chi connectivity index (χ3v) is 5.14. The maximum atomic E-state index is 12.8. The van der Waals surface area contributed by atoms with E-state index < -0.39 is 0 Å². The van der Waals surface area contributed by atoms with Crippen LogP contribution in [0.15, 0.2) is 36.0 Å². The van der Waals surface area contributed by atoms with Crippen molar-refractivity contribution in [2.75, 3.05) is 31.1 Å². The monoisotopic (exact) mass is 327 g/mol. The molecule has 0 aliphatic carbocycles.